The van der Waals surface area contributed by atoms with E-state index in [1.165, 1.54) is 12.1 Å². The molecular weight excluding hydrogens is 359 g/mol. The van der Waals surface area contributed by atoms with Gasteiger partial charge in [0.25, 0.3) is 0 Å². The van der Waals surface area contributed by atoms with Crippen LogP contribution in [0.4, 0.5) is 9.18 Å². The minimum atomic E-state index is -0.399. The van der Waals surface area contributed by atoms with E-state index < -0.39 is 6.09 Å². The van der Waals surface area contributed by atoms with E-state index in [9.17, 15) is 9.18 Å². The zero-order chi connectivity index (χ0) is 19.5. The Bertz CT molecular complexity index is 952. The highest BCUT2D eigenvalue weighted by Crippen LogP contribution is 2.34. The maximum Gasteiger partial charge on any atom is 0.411 e. The van der Waals surface area contributed by atoms with E-state index in [4.69, 9.17) is 14.7 Å². The van der Waals surface area contributed by atoms with Gasteiger partial charge in [0, 0.05) is 5.56 Å². The third-order valence-electron chi connectivity index (χ3n) is 5.06. The van der Waals surface area contributed by atoms with Crippen molar-refractivity contribution < 1.29 is 18.7 Å². The Kier molecular flexibility index (Phi) is 5.09. The normalized spacial score (nSPS) is 20.9. The number of amides is 1. The van der Waals surface area contributed by atoms with Crippen LogP contribution in [0, 0.1) is 17.1 Å². The molecule has 2 aromatic carbocycles. The Morgan fingerprint density at radius 2 is 2.07 bits per heavy atom. The Hall–Kier alpha value is -3.17. The summed E-state index contributed by atoms with van der Waals surface area (Å²) < 4.78 is 25.4. The molecule has 1 saturated heterocycles. The number of nitrogens with zero attached hydrogens (tertiary/aromatic N) is 2. The molecule has 0 N–H and O–H groups in total. The smallest absolute Gasteiger partial charge is 0.411 e. The number of fused-ring (bicyclic) bond motifs is 2. The van der Waals surface area contributed by atoms with E-state index in [2.05, 4.69) is 0 Å². The first kappa shape index (κ1) is 18.2. The molecule has 2 heterocycles. The largest absolute Gasteiger partial charge is 0.445 e. The van der Waals surface area contributed by atoms with Crippen LogP contribution in [-0.4, -0.2) is 36.3 Å². The van der Waals surface area contributed by atoms with Crippen LogP contribution in [0.2, 0.25) is 0 Å². The lowest BCUT2D eigenvalue weighted by molar-refractivity contribution is -0.0342. The number of carbonyl (C=O) groups is 1. The zero-order valence-electron chi connectivity index (χ0n) is 15.2. The van der Waals surface area contributed by atoms with Crippen molar-refractivity contribution in [1.29, 1.82) is 5.26 Å². The lowest BCUT2D eigenvalue weighted by Gasteiger charge is -2.43. The summed E-state index contributed by atoms with van der Waals surface area (Å²) in [6.45, 7) is 0.902. The van der Waals surface area contributed by atoms with Gasteiger partial charge in [-0.1, -0.05) is 36.4 Å². The molecule has 2 aliphatic heterocycles. The minimum Gasteiger partial charge on any atom is -0.445 e. The highest BCUT2D eigenvalue weighted by Gasteiger charge is 2.39. The van der Waals surface area contributed by atoms with Crippen molar-refractivity contribution in [3.63, 3.8) is 0 Å². The Labute approximate surface area is 162 Å². The third kappa shape index (κ3) is 3.62. The topological polar surface area (TPSA) is 62.6 Å². The number of hydrogen-bond donors (Lipinski definition) is 0. The first-order valence-electron chi connectivity index (χ1n) is 9.13. The number of benzene rings is 2. The van der Waals surface area contributed by atoms with Gasteiger partial charge in [-0.2, -0.15) is 5.26 Å². The monoisotopic (exact) mass is 378 g/mol. The summed E-state index contributed by atoms with van der Waals surface area (Å²) in [5.41, 5.74) is 2.53. The molecule has 1 fully saturated rings. The molecule has 142 valence electrons. The Morgan fingerprint density at radius 3 is 2.82 bits per heavy atom. The van der Waals surface area contributed by atoms with Crippen molar-refractivity contribution in [2.75, 3.05) is 13.2 Å². The van der Waals surface area contributed by atoms with Gasteiger partial charge >= 0.3 is 6.09 Å². The number of hydrogen-bond acceptors (Lipinski definition) is 4. The molecule has 2 aromatic rings. The van der Waals surface area contributed by atoms with Crippen molar-refractivity contribution >= 4 is 11.7 Å². The lowest BCUT2D eigenvalue weighted by Crippen LogP contribution is -2.56. The van der Waals surface area contributed by atoms with Crippen molar-refractivity contribution in [1.82, 2.24) is 4.90 Å². The molecule has 0 radical (unpaired) electrons. The van der Waals surface area contributed by atoms with Crippen LogP contribution in [0.3, 0.4) is 0 Å². The quantitative estimate of drug-likeness (QED) is 0.813. The van der Waals surface area contributed by atoms with Gasteiger partial charge in [0.1, 0.15) is 12.4 Å². The molecule has 0 aromatic heterocycles. The van der Waals surface area contributed by atoms with E-state index in [0.717, 1.165) is 11.1 Å². The average molecular weight is 378 g/mol. The second-order valence-corrected chi connectivity index (χ2v) is 6.91. The summed E-state index contributed by atoms with van der Waals surface area (Å²) in [6.07, 6.45) is 1.89. The second-order valence-electron chi connectivity index (χ2n) is 6.91. The molecule has 6 heteroatoms. The van der Waals surface area contributed by atoms with Gasteiger partial charge in [0.2, 0.25) is 0 Å². The number of carbonyl (C=O) groups excluding carboxylic acids is 1. The molecule has 2 bridgehead atoms. The lowest BCUT2D eigenvalue weighted by atomic mass is 9.89. The summed E-state index contributed by atoms with van der Waals surface area (Å²) in [4.78, 5) is 14.4. The highest BCUT2D eigenvalue weighted by atomic mass is 19.1. The maximum absolute atomic E-state index is 14.3. The van der Waals surface area contributed by atoms with E-state index >= 15 is 0 Å². The molecular formula is C22H19FN2O3. The van der Waals surface area contributed by atoms with Gasteiger partial charge in [-0.25, -0.2) is 9.18 Å². The number of rotatable bonds is 3. The van der Waals surface area contributed by atoms with Crippen LogP contribution >= 0.6 is 0 Å². The summed E-state index contributed by atoms with van der Waals surface area (Å²) in [5, 5.41) is 9.10. The van der Waals surface area contributed by atoms with Crippen LogP contribution in [0.1, 0.15) is 23.1 Å². The zero-order valence-corrected chi connectivity index (χ0v) is 15.2. The van der Waals surface area contributed by atoms with Crippen LogP contribution in [0.25, 0.3) is 5.57 Å². The van der Waals surface area contributed by atoms with Crippen LogP contribution in [0.5, 0.6) is 0 Å². The standard InChI is InChI=1S/C22H19FN2O3/c23-21-7-6-16(11-24)8-20(21)17-9-18-13-27-14-19(10-17)25(18)22(26)28-12-15-4-2-1-3-5-15/h1-9,18-19H,10,12-14H2. The number of ether oxygens (including phenoxy) is 2. The second kappa shape index (κ2) is 7.83. The fourth-order valence-corrected chi connectivity index (χ4v) is 3.71. The van der Waals surface area contributed by atoms with E-state index in [1.54, 1.807) is 11.0 Å². The average Bonchev–Trinajstić information content (AvgIpc) is 2.72. The van der Waals surface area contributed by atoms with Crippen molar-refractivity contribution in [3.8, 4) is 6.07 Å². The molecule has 28 heavy (non-hydrogen) atoms. The summed E-state index contributed by atoms with van der Waals surface area (Å²) in [6, 6.07) is 15.3. The molecule has 0 aliphatic carbocycles. The summed E-state index contributed by atoms with van der Waals surface area (Å²) in [7, 11) is 0. The number of nitriles is 1. The summed E-state index contributed by atoms with van der Waals surface area (Å²) >= 11 is 0. The van der Waals surface area contributed by atoms with E-state index in [-0.39, 0.29) is 24.5 Å². The van der Waals surface area contributed by atoms with Crippen molar-refractivity contribution in [2.24, 2.45) is 0 Å². The predicted molar refractivity (Wildman–Crippen MR) is 101 cm³/mol. The fraction of sp³-hybridized carbons (Fsp3) is 0.273. The van der Waals surface area contributed by atoms with E-state index in [0.29, 0.717) is 30.8 Å². The first-order valence-corrected chi connectivity index (χ1v) is 9.13. The molecule has 0 saturated carbocycles. The summed E-state index contributed by atoms with van der Waals surface area (Å²) in [5.74, 6) is -0.371. The SMILES string of the molecule is N#Cc1ccc(F)c(C2=CC3COCC(C2)N3C(=O)OCc2ccccc2)c1. The number of halogens is 1. The van der Waals surface area contributed by atoms with Crippen molar-refractivity contribution in [2.45, 2.75) is 25.1 Å². The van der Waals surface area contributed by atoms with Crippen molar-refractivity contribution in [3.05, 3.63) is 77.1 Å². The van der Waals surface area contributed by atoms with Gasteiger partial charge in [-0.05, 0) is 35.8 Å². The highest BCUT2D eigenvalue weighted by molar-refractivity contribution is 5.75. The molecule has 2 aliphatic rings. The Morgan fingerprint density at radius 1 is 1.25 bits per heavy atom. The van der Waals surface area contributed by atoms with Gasteiger partial charge in [-0.3, -0.25) is 4.90 Å². The molecule has 5 nitrogen and oxygen atoms in total. The Balaban J connectivity index is 1.54. The van der Waals surface area contributed by atoms with Crippen LogP contribution in [0.15, 0.2) is 54.6 Å². The molecule has 1 amide bonds. The van der Waals surface area contributed by atoms with Crippen LogP contribution in [-0.2, 0) is 16.1 Å². The molecule has 2 unspecified atom stereocenters. The third-order valence-corrected chi connectivity index (χ3v) is 5.06. The van der Waals surface area contributed by atoms with Gasteiger partial charge < -0.3 is 9.47 Å². The maximum atomic E-state index is 14.3. The molecule has 2 atom stereocenters. The van der Waals surface area contributed by atoms with Gasteiger partial charge in [0.05, 0.1) is 36.9 Å². The van der Waals surface area contributed by atoms with Gasteiger partial charge in [-0.15, -0.1) is 0 Å². The molecule has 4 rings (SSSR count). The van der Waals surface area contributed by atoms with Crippen LogP contribution < -0.4 is 0 Å². The minimum absolute atomic E-state index is 0.200. The van der Waals surface area contributed by atoms with E-state index in [1.807, 2.05) is 42.5 Å². The predicted octanol–water partition coefficient (Wildman–Crippen LogP) is 3.89. The molecule has 0 spiro atoms. The fourth-order valence-electron chi connectivity index (χ4n) is 3.71. The first-order chi connectivity index (χ1) is 13.7. The number of morpholine rings is 1. The van der Waals surface area contributed by atoms with Gasteiger partial charge in [0.15, 0.2) is 0 Å².